The van der Waals surface area contributed by atoms with Crippen LogP contribution in [0.3, 0.4) is 0 Å². The first kappa shape index (κ1) is 16.3. The lowest BCUT2D eigenvalue weighted by Crippen LogP contribution is -2.35. The SMILES string of the molecule is CC(C)(C)OC(=O)N1CCC(COc2ccncc2I)C1. The van der Waals surface area contributed by atoms with Crippen molar-refractivity contribution in [2.24, 2.45) is 5.92 Å². The zero-order valence-corrected chi connectivity index (χ0v) is 14.8. The Kier molecular flexibility index (Phi) is 5.29. The molecule has 116 valence electrons. The van der Waals surface area contributed by atoms with Gasteiger partial charge in [0.25, 0.3) is 0 Å². The summed E-state index contributed by atoms with van der Waals surface area (Å²) in [6.07, 6.45) is 4.21. The van der Waals surface area contributed by atoms with Crippen LogP contribution in [0.2, 0.25) is 0 Å². The van der Waals surface area contributed by atoms with Crippen molar-refractivity contribution in [2.45, 2.75) is 32.8 Å². The van der Waals surface area contributed by atoms with Crippen LogP contribution in [0.15, 0.2) is 18.5 Å². The maximum absolute atomic E-state index is 12.0. The fraction of sp³-hybridized carbons (Fsp3) is 0.600. The van der Waals surface area contributed by atoms with Crippen molar-refractivity contribution in [3.8, 4) is 5.75 Å². The lowest BCUT2D eigenvalue weighted by atomic mass is 10.1. The predicted octanol–water partition coefficient (Wildman–Crippen LogP) is 3.32. The van der Waals surface area contributed by atoms with E-state index in [2.05, 4.69) is 27.6 Å². The molecular weight excluding hydrogens is 383 g/mol. The van der Waals surface area contributed by atoms with Crippen LogP contribution >= 0.6 is 22.6 Å². The highest BCUT2D eigenvalue weighted by molar-refractivity contribution is 14.1. The third-order valence-corrected chi connectivity index (χ3v) is 3.96. The van der Waals surface area contributed by atoms with Crippen LogP contribution in [-0.2, 0) is 4.74 Å². The molecule has 0 radical (unpaired) electrons. The summed E-state index contributed by atoms with van der Waals surface area (Å²) in [4.78, 5) is 17.8. The van der Waals surface area contributed by atoms with Crippen LogP contribution in [0.25, 0.3) is 0 Å². The highest BCUT2D eigenvalue weighted by atomic mass is 127. The smallest absolute Gasteiger partial charge is 0.410 e. The third-order valence-electron chi connectivity index (χ3n) is 3.15. The quantitative estimate of drug-likeness (QED) is 0.726. The third kappa shape index (κ3) is 5.01. The molecule has 2 heterocycles. The second-order valence-electron chi connectivity index (χ2n) is 6.20. The number of amides is 1. The Morgan fingerprint density at radius 2 is 2.29 bits per heavy atom. The summed E-state index contributed by atoms with van der Waals surface area (Å²) in [5.41, 5.74) is -0.446. The zero-order valence-electron chi connectivity index (χ0n) is 12.6. The number of rotatable bonds is 3. The Balaban J connectivity index is 1.80. The maximum Gasteiger partial charge on any atom is 0.410 e. The topological polar surface area (TPSA) is 51.7 Å². The molecule has 0 spiro atoms. The Hall–Kier alpha value is -1.05. The molecule has 0 bridgehead atoms. The molecule has 21 heavy (non-hydrogen) atoms. The van der Waals surface area contributed by atoms with Gasteiger partial charge in [-0.1, -0.05) is 0 Å². The van der Waals surface area contributed by atoms with Gasteiger partial charge >= 0.3 is 6.09 Å². The Morgan fingerprint density at radius 3 is 2.95 bits per heavy atom. The first-order chi connectivity index (χ1) is 9.85. The summed E-state index contributed by atoms with van der Waals surface area (Å²) in [6.45, 7) is 7.68. The molecule has 0 saturated carbocycles. The van der Waals surface area contributed by atoms with Gasteiger partial charge in [-0.2, -0.15) is 0 Å². The van der Waals surface area contributed by atoms with Gasteiger partial charge < -0.3 is 14.4 Å². The highest BCUT2D eigenvalue weighted by Crippen LogP contribution is 2.23. The molecule has 6 heteroatoms. The molecule has 2 rings (SSSR count). The average Bonchev–Trinajstić information content (AvgIpc) is 2.85. The lowest BCUT2D eigenvalue weighted by molar-refractivity contribution is 0.0285. The zero-order chi connectivity index (χ0) is 15.5. The van der Waals surface area contributed by atoms with Crippen molar-refractivity contribution in [3.63, 3.8) is 0 Å². The van der Waals surface area contributed by atoms with E-state index < -0.39 is 5.60 Å². The van der Waals surface area contributed by atoms with Crippen molar-refractivity contribution in [3.05, 3.63) is 22.0 Å². The second-order valence-corrected chi connectivity index (χ2v) is 7.36. The summed E-state index contributed by atoms with van der Waals surface area (Å²) in [6, 6.07) is 1.86. The van der Waals surface area contributed by atoms with Crippen LogP contribution in [0.5, 0.6) is 5.75 Å². The molecular formula is C15H21IN2O3. The fourth-order valence-electron chi connectivity index (χ4n) is 2.15. The van der Waals surface area contributed by atoms with Crippen LogP contribution in [-0.4, -0.2) is 41.3 Å². The number of nitrogens with zero attached hydrogens (tertiary/aromatic N) is 2. The molecule has 0 N–H and O–H groups in total. The van der Waals surface area contributed by atoms with Crippen LogP contribution < -0.4 is 4.74 Å². The summed E-state index contributed by atoms with van der Waals surface area (Å²) in [5, 5.41) is 0. The molecule has 5 nitrogen and oxygen atoms in total. The minimum Gasteiger partial charge on any atom is -0.492 e. The Labute approximate surface area is 139 Å². The number of carbonyl (C=O) groups is 1. The Bertz CT molecular complexity index is 502. The summed E-state index contributed by atoms with van der Waals surface area (Å²) in [5.74, 6) is 1.20. The van der Waals surface area contributed by atoms with Gasteiger partial charge in [0.1, 0.15) is 11.4 Å². The summed E-state index contributed by atoms with van der Waals surface area (Å²) >= 11 is 2.20. The molecule has 1 aromatic heterocycles. The van der Waals surface area contributed by atoms with Crippen molar-refractivity contribution >= 4 is 28.7 Å². The second kappa shape index (κ2) is 6.81. The minimum absolute atomic E-state index is 0.233. The van der Waals surface area contributed by atoms with E-state index in [0.29, 0.717) is 19.1 Å². The van der Waals surface area contributed by atoms with Gasteiger partial charge in [-0.15, -0.1) is 0 Å². The number of pyridine rings is 1. The van der Waals surface area contributed by atoms with E-state index in [4.69, 9.17) is 9.47 Å². The van der Waals surface area contributed by atoms with E-state index in [9.17, 15) is 4.79 Å². The van der Waals surface area contributed by atoms with E-state index in [1.807, 2.05) is 26.8 Å². The molecule has 1 unspecified atom stereocenters. The molecule has 1 amide bonds. The molecule has 1 aliphatic heterocycles. The van der Waals surface area contributed by atoms with E-state index in [1.54, 1.807) is 17.3 Å². The highest BCUT2D eigenvalue weighted by Gasteiger charge is 2.30. The number of hydrogen-bond donors (Lipinski definition) is 0. The molecule has 1 aromatic rings. The molecule has 1 saturated heterocycles. The molecule has 1 atom stereocenters. The van der Waals surface area contributed by atoms with Gasteiger partial charge in [-0.25, -0.2) is 4.79 Å². The van der Waals surface area contributed by atoms with Crippen LogP contribution in [0.4, 0.5) is 4.79 Å². The van der Waals surface area contributed by atoms with Gasteiger partial charge in [-0.3, -0.25) is 4.98 Å². The van der Waals surface area contributed by atoms with E-state index in [1.165, 1.54) is 0 Å². The fourth-order valence-corrected chi connectivity index (χ4v) is 2.64. The van der Waals surface area contributed by atoms with Crippen LogP contribution in [0.1, 0.15) is 27.2 Å². The van der Waals surface area contributed by atoms with Crippen LogP contribution in [0, 0.1) is 9.49 Å². The van der Waals surface area contributed by atoms with Crippen molar-refractivity contribution in [1.29, 1.82) is 0 Å². The molecule has 0 aromatic carbocycles. The summed E-state index contributed by atoms with van der Waals surface area (Å²) < 4.78 is 12.2. The average molecular weight is 404 g/mol. The van der Waals surface area contributed by atoms with Gasteiger partial charge in [-0.05, 0) is 55.8 Å². The monoisotopic (exact) mass is 404 g/mol. The van der Waals surface area contributed by atoms with Crippen molar-refractivity contribution < 1.29 is 14.3 Å². The molecule has 1 fully saturated rings. The van der Waals surface area contributed by atoms with Crippen molar-refractivity contribution in [1.82, 2.24) is 9.88 Å². The number of hydrogen-bond acceptors (Lipinski definition) is 4. The normalized spacial score (nSPS) is 18.7. The van der Waals surface area contributed by atoms with Crippen molar-refractivity contribution in [2.75, 3.05) is 19.7 Å². The molecule has 1 aliphatic rings. The molecule has 0 aliphatic carbocycles. The first-order valence-electron chi connectivity index (χ1n) is 7.05. The lowest BCUT2D eigenvalue weighted by Gasteiger charge is -2.24. The van der Waals surface area contributed by atoms with E-state index in [0.717, 1.165) is 22.3 Å². The number of halogens is 1. The number of carbonyl (C=O) groups excluding carboxylic acids is 1. The van der Waals surface area contributed by atoms with E-state index in [-0.39, 0.29) is 6.09 Å². The Morgan fingerprint density at radius 1 is 1.52 bits per heavy atom. The van der Waals surface area contributed by atoms with Gasteiger partial charge in [0.05, 0.1) is 10.2 Å². The largest absolute Gasteiger partial charge is 0.492 e. The standard InChI is InChI=1S/C15H21IN2O3/c1-15(2,3)21-14(19)18-7-5-11(9-18)10-20-13-4-6-17-8-12(13)16/h4,6,8,11H,5,7,9-10H2,1-3H3. The summed E-state index contributed by atoms with van der Waals surface area (Å²) in [7, 11) is 0. The minimum atomic E-state index is -0.446. The van der Waals surface area contributed by atoms with E-state index >= 15 is 0 Å². The number of ether oxygens (including phenoxy) is 2. The van der Waals surface area contributed by atoms with Gasteiger partial charge in [0.2, 0.25) is 0 Å². The number of aromatic nitrogens is 1. The predicted molar refractivity (Wildman–Crippen MR) is 88.4 cm³/mol. The van der Waals surface area contributed by atoms with Gasteiger partial charge in [0, 0.05) is 31.4 Å². The number of likely N-dealkylation sites (tertiary alicyclic amines) is 1. The maximum atomic E-state index is 12.0. The first-order valence-corrected chi connectivity index (χ1v) is 8.13. The van der Waals surface area contributed by atoms with Gasteiger partial charge in [0.15, 0.2) is 0 Å².